The van der Waals surface area contributed by atoms with Gasteiger partial charge in [0, 0.05) is 11.1 Å². The number of hydrogen-bond acceptors (Lipinski definition) is 7. The van der Waals surface area contributed by atoms with Crippen molar-refractivity contribution in [2.24, 2.45) is 0 Å². The number of benzene rings is 2. The lowest BCUT2D eigenvalue weighted by molar-refractivity contribution is -0.384. The van der Waals surface area contributed by atoms with Crippen LogP contribution in [-0.2, 0) is 9.59 Å². The number of furan rings is 1. The minimum absolute atomic E-state index is 0.148. The number of carbonyl (C=O) groups excluding carboxylic acids is 3. The number of non-ortho nitro benzene ring substituents is 1. The first kappa shape index (κ1) is 21.8. The second-order valence-corrected chi connectivity index (χ2v) is 7.21. The van der Waals surface area contributed by atoms with Gasteiger partial charge < -0.3 is 9.15 Å². The van der Waals surface area contributed by atoms with E-state index in [4.69, 9.17) is 20.8 Å². The van der Waals surface area contributed by atoms with Gasteiger partial charge in [-0.3, -0.25) is 25.0 Å². The van der Waals surface area contributed by atoms with Gasteiger partial charge in [-0.1, -0.05) is 11.6 Å². The number of urea groups is 1. The third kappa shape index (κ3) is 4.19. The molecule has 4 amide bonds. The van der Waals surface area contributed by atoms with E-state index in [2.05, 4.69) is 5.32 Å². The summed E-state index contributed by atoms with van der Waals surface area (Å²) in [5.41, 5.74) is 0.197. The number of nitro benzene ring substituents is 1. The number of anilines is 1. The fourth-order valence-corrected chi connectivity index (χ4v) is 3.32. The number of imide groups is 2. The third-order valence-corrected chi connectivity index (χ3v) is 5.01. The third-order valence-electron chi connectivity index (χ3n) is 4.76. The van der Waals surface area contributed by atoms with Gasteiger partial charge in [-0.15, -0.1) is 0 Å². The number of nitro groups is 1. The van der Waals surface area contributed by atoms with Crippen LogP contribution < -0.4 is 15.0 Å². The van der Waals surface area contributed by atoms with Gasteiger partial charge in [0.25, 0.3) is 17.5 Å². The molecule has 10 nitrogen and oxygen atoms in total. The summed E-state index contributed by atoms with van der Waals surface area (Å²) in [5.74, 6) is -1.06. The van der Waals surface area contributed by atoms with Crippen LogP contribution in [0, 0.1) is 10.1 Å². The first-order chi connectivity index (χ1) is 15.8. The molecule has 0 atom stereocenters. The van der Waals surface area contributed by atoms with E-state index in [9.17, 15) is 24.5 Å². The molecule has 11 heteroatoms. The molecule has 0 saturated carbocycles. The summed E-state index contributed by atoms with van der Waals surface area (Å²) >= 11 is 5.86. The fraction of sp³-hybridized carbons (Fsp3) is 0.0455. The average Bonchev–Trinajstić information content (AvgIpc) is 3.25. The molecule has 1 aromatic heterocycles. The molecule has 1 fully saturated rings. The minimum Gasteiger partial charge on any atom is -0.496 e. The van der Waals surface area contributed by atoms with E-state index in [-0.39, 0.29) is 28.5 Å². The van der Waals surface area contributed by atoms with Crippen LogP contribution in [-0.4, -0.2) is 29.9 Å². The van der Waals surface area contributed by atoms with Gasteiger partial charge in [-0.05, 0) is 48.5 Å². The lowest BCUT2D eigenvalue weighted by Crippen LogP contribution is -2.54. The average molecular weight is 468 g/mol. The molecule has 166 valence electrons. The molecule has 2 heterocycles. The van der Waals surface area contributed by atoms with E-state index in [1.54, 1.807) is 6.07 Å². The molecule has 33 heavy (non-hydrogen) atoms. The summed E-state index contributed by atoms with van der Waals surface area (Å²) in [7, 11) is 1.36. The summed E-state index contributed by atoms with van der Waals surface area (Å²) in [4.78, 5) is 48.8. The number of amides is 4. The van der Waals surface area contributed by atoms with Crippen molar-refractivity contribution >= 4 is 46.9 Å². The van der Waals surface area contributed by atoms with Crippen molar-refractivity contribution in [1.29, 1.82) is 0 Å². The molecule has 1 aliphatic rings. The van der Waals surface area contributed by atoms with E-state index in [1.165, 1.54) is 61.7 Å². The molecule has 0 unspecified atom stereocenters. The summed E-state index contributed by atoms with van der Waals surface area (Å²) in [6.07, 6.45) is 1.20. The SMILES string of the molecule is COc1cc([N+](=O)[O-])ccc1-c1ccc(C=C2C(=O)NC(=O)N(c3ccc(Cl)cc3)C2=O)o1. The highest BCUT2D eigenvalue weighted by molar-refractivity contribution is 6.39. The van der Waals surface area contributed by atoms with Crippen molar-refractivity contribution in [2.45, 2.75) is 0 Å². The zero-order chi connectivity index (χ0) is 23.7. The predicted molar refractivity (Wildman–Crippen MR) is 118 cm³/mol. The van der Waals surface area contributed by atoms with Crippen LogP contribution in [0.3, 0.4) is 0 Å². The van der Waals surface area contributed by atoms with Crippen LogP contribution >= 0.6 is 11.6 Å². The summed E-state index contributed by atoms with van der Waals surface area (Å²) < 4.78 is 10.9. The van der Waals surface area contributed by atoms with Gasteiger partial charge in [0.2, 0.25) is 0 Å². The molecular formula is C22H14ClN3O7. The minimum atomic E-state index is -0.889. The van der Waals surface area contributed by atoms with Crippen LogP contribution in [0.15, 0.2) is 64.6 Å². The van der Waals surface area contributed by atoms with Crippen LogP contribution in [0.5, 0.6) is 5.75 Å². The highest BCUT2D eigenvalue weighted by atomic mass is 35.5. The van der Waals surface area contributed by atoms with E-state index in [0.29, 0.717) is 16.3 Å². The quantitative estimate of drug-likeness (QED) is 0.257. The van der Waals surface area contributed by atoms with E-state index >= 15 is 0 Å². The molecule has 2 aromatic carbocycles. The Hall–Kier alpha value is -4.44. The van der Waals surface area contributed by atoms with E-state index in [1.807, 2.05) is 0 Å². The zero-order valence-electron chi connectivity index (χ0n) is 16.9. The van der Waals surface area contributed by atoms with Gasteiger partial charge in [-0.2, -0.15) is 0 Å². The van der Waals surface area contributed by atoms with Crippen molar-refractivity contribution in [3.05, 3.63) is 81.1 Å². The Kier molecular flexibility index (Phi) is 5.67. The molecule has 4 rings (SSSR count). The number of methoxy groups -OCH3 is 1. The van der Waals surface area contributed by atoms with Gasteiger partial charge in [-0.25, -0.2) is 9.69 Å². The maximum Gasteiger partial charge on any atom is 0.335 e. The van der Waals surface area contributed by atoms with E-state index < -0.39 is 22.8 Å². The molecule has 0 aliphatic carbocycles. The fourth-order valence-electron chi connectivity index (χ4n) is 3.20. The van der Waals surface area contributed by atoms with Gasteiger partial charge in [0.15, 0.2) is 0 Å². The number of hydrogen-bond donors (Lipinski definition) is 1. The molecule has 0 radical (unpaired) electrons. The number of nitrogens with one attached hydrogen (secondary N) is 1. The maximum absolute atomic E-state index is 12.9. The molecule has 1 aliphatic heterocycles. The zero-order valence-corrected chi connectivity index (χ0v) is 17.7. The lowest BCUT2D eigenvalue weighted by Gasteiger charge is -2.26. The normalized spacial score (nSPS) is 15.0. The smallest absolute Gasteiger partial charge is 0.335 e. The number of nitrogens with zero attached hydrogens (tertiary/aromatic N) is 2. The number of barbiturate groups is 1. The Balaban J connectivity index is 1.67. The second kappa shape index (κ2) is 8.60. The topological polar surface area (TPSA) is 132 Å². The van der Waals surface area contributed by atoms with Crippen LogP contribution in [0.25, 0.3) is 17.4 Å². The maximum atomic E-state index is 12.9. The first-order valence-electron chi connectivity index (χ1n) is 9.38. The standard InChI is InChI=1S/C22H14ClN3O7/c1-32-19-10-14(26(30)31)6-8-16(19)18-9-7-15(33-18)11-17-20(27)24-22(29)25(21(17)28)13-4-2-12(23)3-5-13/h2-11H,1H3,(H,24,27,29). The number of halogens is 1. The van der Waals surface area contributed by atoms with Crippen molar-refractivity contribution < 1.29 is 28.5 Å². The van der Waals surface area contributed by atoms with Gasteiger partial charge in [0.05, 0.1) is 29.4 Å². The lowest BCUT2D eigenvalue weighted by atomic mass is 10.1. The number of ether oxygens (including phenoxy) is 1. The predicted octanol–water partition coefficient (Wildman–Crippen LogP) is 4.18. The monoisotopic (exact) mass is 467 g/mol. The largest absolute Gasteiger partial charge is 0.496 e. The number of rotatable bonds is 5. The van der Waals surface area contributed by atoms with Crippen molar-refractivity contribution in [1.82, 2.24) is 5.32 Å². The molecule has 0 bridgehead atoms. The highest BCUT2D eigenvalue weighted by Crippen LogP contribution is 2.35. The van der Waals surface area contributed by atoms with Gasteiger partial charge >= 0.3 is 6.03 Å². The highest BCUT2D eigenvalue weighted by Gasteiger charge is 2.37. The molecule has 1 N–H and O–H groups in total. The van der Waals surface area contributed by atoms with E-state index in [0.717, 1.165) is 4.90 Å². The Morgan fingerprint density at radius 3 is 2.48 bits per heavy atom. The van der Waals surface area contributed by atoms with Crippen molar-refractivity contribution in [3.63, 3.8) is 0 Å². The Bertz CT molecular complexity index is 1330. The summed E-state index contributed by atoms with van der Waals surface area (Å²) in [6, 6.07) is 12.2. The van der Waals surface area contributed by atoms with Crippen LogP contribution in [0.1, 0.15) is 5.76 Å². The Morgan fingerprint density at radius 1 is 1.09 bits per heavy atom. The molecule has 1 saturated heterocycles. The van der Waals surface area contributed by atoms with Crippen LogP contribution in [0.4, 0.5) is 16.2 Å². The molecular weight excluding hydrogens is 454 g/mol. The number of carbonyl (C=O) groups is 3. The Morgan fingerprint density at radius 2 is 1.82 bits per heavy atom. The summed E-state index contributed by atoms with van der Waals surface area (Å²) in [6.45, 7) is 0. The van der Waals surface area contributed by atoms with Crippen molar-refractivity contribution in [3.8, 4) is 17.1 Å². The van der Waals surface area contributed by atoms with Gasteiger partial charge in [0.1, 0.15) is 22.8 Å². The second-order valence-electron chi connectivity index (χ2n) is 6.78. The first-order valence-corrected chi connectivity index (χ1v) is 9.76. The summed E-state index contributed by atoms with van der Waals surface area (Å²) in [5, 5.41) is 13.5. The molecule has 3 aromatic rings. The van der Waals surface area contributed by atoms with Crippen LogP contribution in [0.2, 0.25) is 5.02 Å². The molecule has 0 spiro atoms. The Labute approximate surface area is 191 Å². The van der Waals surface area contributed by atoms with Crippen molar-refractivity contribution in [2.75, 3.05) is 12.0 Å².